The van der Waals surface area contributed by atoms with Gasteiger partial charge in [-0.3, -0.25) is 0 Å². The van der Waals surface area contributed by atoms with E-state index in [-0.39, 0.29) is 0 Å². The minimum absolute atomic E-state index is 0.735. The van der Waals surface area contributed by atoms with Crippen molar-refractivity contribution in [2.45, 2.75) is 71.3 Å². The zero-order chi connectivity index (χ0) is 10.7. The highest BCUT2D eigenvalue weighted by Gasteiger charge is 2.41. The van der Waals surface area contributed by atoms with Crippen molar-refractivity contribution < 1.29 is 0 Å². The molecule has 0 aromatic carbocycles. The zero-order valence-corrected chi connectivity index (χ0v) is 10.5. The van der Waals surface area contributed by atoms with Crippen molar-refractivity contribution in [1.82, 2.24) is 5.32 Å². The van der Waals surface area contributed by atoms with Crippen LogP contribution < -0.4 is 5.32 Å². The summed E-state index contributed by atoms with van der Waals surface area (Å²) in [4.78, 5) is 0. The molecule has 2 saturated carbocycles. The maximum absolute atomic E-state index is 3.83. The molecule has 2 aliphatic carbocycles. The topological polar surface area (TPSA) is 12.0 Å². The molecule has 0 radical (unpaired) electrons. The molecule has 0 amide bonds. The van der Waals surface area contributed by atoms with Gasteiger partial charge in [0.1, 0.15) is 0 Å². The summed E-state index contributed by atoms with van der Waals surface area (Å²) >= 11 is 0. The predicted octanol–water partition coefficient (Wildman–Crippen LogP) is 3.74. The molecule has 0 spiro atoms. The van der Waals surface area contributed by atoms with Gasteiger partial charge in [-0.25, -0.2) is 0 Å². The molecule has 0 bridgehead atoms. The van der Waals surface area contributed by atoms with Crippen molar-refractivity contribution in [3.63, 3.8) is 0 Å². The minimum atomic E-state index is 0.735. The first-order valence-corrected chi connectivity index (χ1v) is 7.01. The lowest BCUT2D eigenvalue weighted by Gasteiger charge is -2.19. The second kappa shape index (κ2) is 4.86. The Labute approximate surface area is 95.0 Å². The molecule has 2 atom stereocenters. The third-order valence-corrected chi connectivity index (χ3v) is 4.62. The van der Waals surface area contributed by atoms with E-state index in [4.69, 9.17) is 0 Å². The molecule has 1 nitrogen and oxygen atoms in total. The summed E-state index contributed by atoms with van der Waals surface area (Å²) in [5.74, 6) is 1.02. The van der Waals surface area contributed by atoms with Crippen molar-refractivity contribution in [1.29, 1.82) is 0 Å². The Morgan fingerprint density at radius 2 is 2.00 bits per heavy atom. The molecule has 0 aromatic rings. The third-order valence-electron chi connectivity index (χ3n) is 4.62. The summed E-state index contributed by atoms with van der Waals surface area (Å²) in [6.45, 7) is 5.97. The smallest absolute Gasteiger partial charge is 0.00700 e. The standard InChI is InChI=1S/C14H27N/c1-3-7-14(8-9-14)11-15-13-6-5-12(4-2)10-13/h12-13,15H,3-11H2,1-2H3. The first kappa shape index (κ1) is 11.4. The van der Waals surface area contributed by atoms with Gasteiger partial charge in [0.2, 0.25) is 0 Å². The largest absolute Gasteiger partial charge is 0.313 e. The van der Waals surface area contributed by atoms with E-state index in [2.05, 4.69) is 19.2 Å². The summed E-state index contributed by atoms with van der Waals surface area (Å²) in [5.41, 5.74) is 0.735. The Hall–Kier alpha value is -0.0400. The van der Waals surface area contributed by atoms with Crippen molar-refractivity contribution in [2.75, 3.05) is 6.54 Å². The van der Waals surface area contributed by atoms with Crippen LogP contribution in [0.2, 0.25) is 0 Å². The second-order valence-corrected chi connectivity index (χ2v) is 5.92. The van der Waals surface area contributed by atoms with Gasteiger partial charge in [0.15, 0.2) is 0 Å². The van der Waals surface area contributed by atoms with Gasteiger partial charge < -0.3 is 5.32 Å². The molecule has 0 heterocycles. The molecule has 2 fully saturated rings. The van der Waals surface area contributed by atoms with E-state index in [1.54, 1.807) is 0 Å². The first-order valence-electron chi connectivity index (χ1n) is 7.01. The third kappa shape index (κ3) is 2.96. The van der Waals surface area contributed by atoms with Gasteiger partial charge in [-0.1, -0.05) is 26.7 Å². The number of hydrogen-bond acceptors (Lipinski definition) is 1. The Balaban J connectivity index is 1.66. The van der Waals surface area contributed by atoms with E-state index >= 15 is 0 Å². The Morgan fingerprint density at radius 1 is 1.20 bits per heavy atom. The number of rotatable bonds is 6. The van der Waals surface area contributed by atoms with Crippen LogP contribution in [-0.4, -0.2) is 12.6 Å². The fourth-order valence-corrected chi connectivity index (χ4v) is 3.21. The van der Waals surface area contributed by atoms with E-state index in [1.165, 1.54) is 57.9 Å². The van der Waals surface area contributed by atoms with Crippen molar-refractivity contribution in [3.05, 3.63) is 0 Å². The van der Waals surface area contributed by atoms with Crippen LogP contribution in [0.5, 0.6) is 0 Å². The van der Waals surface area contributed by atoms with E-state index in [1.807, 2.05) is 0 Å². The van der Waals surface area contributed by atoms with Gasteiger partial charge in [-0.15, -0.1) is 0 Å². The van der Waals surface area contributed by atoms with E-state index in [9.17, 15) is 0 Å². The Bertz CT molecular complexity index is 196. The molecule has 0 aliphatic heterocycles. The Kier molecular flexibility index (Phi) is 3.71. The van der Waals surface area contributed by atoms with Crippen LogP contribution in [0.3, 0.4) is 0 Å². The summed E-state index contributed by atoms with van der Waals surface area (Å²) in [6, 6.07) is 0.851. The monoisotopic (exact) mass is 209 g/mol. The van der Waals surface area contributed by atoms with Gasteiger partial charge >= 0.3 is 0 Å². The minimum Gasteiger partial charge on any atom is -0.313 e. The SMILES string of the molecule is CCCC1(CNC2CCC(CC)C2)CC1. The molecule has 0 aromatic heterocycles. The van der Waals surface area contributed by atoms with Gasteiger partial charge in [0, 0.05) is 12.6 Å². The number of hydrogen-bond donors (Lipinski definition) is 1. The van der Waals surface area contributed by atoms with Crippen LogP contribution in [0.4, 0.5) is 0 Å². The molecule has 2 unspecified atom stereocenters. The fourth-order valence-electron chi connectivity index (χ4n) is 3.21. The summed E-state index contributed by atoms with van der Waals surface area (Å²) < 4.78 is 0. The highest BCUT2D eigenvalue weighted by molar-refractivity contribution is 4.95. The zero-order valence-electron chi connectivity index (χ0n) is 10.5. The highest BCUT2D eigenvalue weighted by Crippen LogP contribution is 2.49. The van der Waals surface area contributed by atoms with Gasteiger partial charge in [0.05, 0.1) is 0 Å². The lowest BCUT2D eigenvalue weighted by Crippen LogP contribution is -2.32. The highest BCUT2D eigenvalue weighted by atomic mass is 14.9. The molecule has 88 valence electrons. The average Bonchev–Trinajstić information content (AvgIpc) is 2.86. The van der Waals surface area contributed by atoms with Crippen LogP contribution in [-0.2, 0) is 0 Å². The summed E-state index contributed by atoms with van der Waals surface area (Å²) in [7, 11) is 0. The average molecular weight is 209 g/mol. The molecule has 1 heteroatoms. The van der Waals surface area contributed by atoms with Crippen molar-refractivity contribution in [2.24, 2.45) is 11.3 Å². The van der Waals surface area contributed by atoms with Gasteiger partial charge in [-0.05, 0) is 49.9 Å². The molecule has 0 saturated heterocycles. The summed E-state index contributed by atoms with van der Waals surface area (Å²) in [6.07, 6.45) is 11.5. The van der Waals surface area contributed by atoms with Crippen LogP contribution in [0.15, 0.2) is 0 Å². The Morgan fingerprint density at radius 3 is 2.53 bits per heavy atom. The normalized spacial score (nSPS) is 33.2. The fraction of sp³-hybridized carbons (Fsp3) is 1.00. The lowest BCUT2D eigenvalue weighted by molar-refractivity contribution is 0.380. The van der Waals surface area contributed by atoms with E-state index in [0.717, 1.165) is 17.4 Å². The van der Waals surface area contributed by atoms with E-state index in [0.29, 0.717) is 0 Å². The molecule has 1 N–H and O–H groups in total. The molecule has 2 aliphatic rings. The predicted molar refractivity (Wildman–Crippen MR) is 66.0 cm³/mol. The second-order valence-electron chi connectivity index (χ2n) is 5.92. The maximum Gasteiger partial charge on any atom is 0.00700 e. The quantitative estimate of drug-likeness (QED) is 0.703. The van der Waals surface area contributed by atoms with Gasteiger partial charge in [0.25, 0.3) is 0 Å². The van der Waals surface area contributed by atoms with Crippen LogP contribution in [0, 0.1) is 11.3 Å². The van der Waals surface area contributed by atoms with Crippen molar-refractivity contribution >= 4 is 0 Å². The van der Waals surface area contributed by atoms with Crippen LogP contribution in [0.25, 0.3) is 0 Å². The maximum atomic E-state index is 3.83. The lowest BCUT2D eigenvalue weighted by atomic mass is 10.00. The molecular weight excluding hydrogens is 182 g/mol. The number of nitrogens with one attached hydrogen (secondary N) is 1. The van der Waals surface area contributed by atoms with E-state index < -0.39 is 0 Å². The van der Waals surface area contributed by atoms with Crippen molar-refractivity contribution in [3.8, 4) is 0 Å². The molecule has 2 rings (SSSR count). The molecule has 15 heavy (non-hydrogen) atoms. The molecular formula is C14H27N. The first-order chi connectivity index (χ1) is 7.28. The summed E-state index contributed by atoms with van der Waals surface area (Å²) in [5, 5.41) is 3.83. The van der Waals surface area contributed by atoms with Crippen LogP contribution >= 0.6 is 0 Å². The van der Waals surface area contributed by atoms with Crippen LogP contribution in [0.1, 0.15) is 65.2 Å². The van der Waals surface area contributed by atoms with Gasteiger partial charge in [-0.2, -0.15) is 0 Å².